The first-order chi connectivity index (χ1) is 8.47. The summed E-state index contributed by atoms with van der Waals surface area (Å²) in [6.45, 7) is 2.37. The highest BCUT2D eigenvalue weighted by Crippen LogP contribution is 2.29. The number of halogens is 3. The summed E-state index contributed by atoms with van der Waals surface area (Å²) < 4.78 is 40.1. The molecule has 0 bridgehead atoms. The van der Waals surface area contributed by atoms with Crippen LogP contribution in [0.5, 0.6) is 0 Å². The van der Waals surface area contributed by atoms with Gasteiger partial charge in [0.15, 0.2) is 0 Å². The Morgan fingerprint density at radius 2 is 2.00 bits per heavy atom. The maximum Gasteiger partial charge on any atom is 0.452 e. The van der Waals surface area contributed by atoms with Gasteiger partial charge in [-0.25, -0.2) is 0 Å². The van der Waals surface area contributed by atoms with E-state index in [-0.39, 0.29) is 5.13 Å². The molecule has 2 aromatic rings. The van der Waals surface area contributed by atoms with Gasteiger partial charge in [0.25, 0.3) is 0 Å². The molecule has 0 amide bonds. The van der Waals surface area contributed by atoms with Crippen molar-refractivity contribution in [2.75, 3.05) is 5.32 Å². The van der Waals surface area contributed by atoms with Crippen LogP contribution in [-0.4, -0.2) is 9.36 Å². The molecule has 2 rings (SSSR count). The Kier molecular flexibility index (Phi) is 3.51. The third-order valence-electron chi connectivity index (χ3n) is 2.37. The summed E-state index contributed by atoms with van der Waals surface area (Å²) in [5, 5.41) is 3.01. The molecule has 1 aromatic carbocycles. The minimum absolute atomic E-state index is 0.172. The molecule has 0 fully saturated rings. The smallest absolute Gasteiger partial charge is 0.356 e. The molecule has 3 nitrogen and oxygen atoms in total. The van der Waals surface area contributed by atoms with Gasteiger partial charge in [-0.2, -0.15) is 22.5 Å². The summed E-state index contributed by atoms with van der Waals surface area (Å²) in [5.41, 5.74) is 2.09. The van der Waals surface area contributed by atoms with Crippen molar-refractivity contribution in [3.05, 3.63) is 41.2 Å². The Morgan fingerprint density at radius 1 is 1.28 bits per heavy atom. The highest BCUT2D eigenvalue weighted by molar-refractivity contribution is 7.09. The van der Waals surface area contributed by atoms with Gasteiger partial charge >= 0.3 is 6.18 Å². The summed E-state index contributed by atoms with van der Waals surface area (Å²) >= 11 is 0.709. The van der Waals surface area contributed by atoms with E-state index < -0.39 is 12.0 Å². The largest absolute Gasteiger partial charge is 0.452 e. The molecule has 0 aliphatic carbocycles. The van der Waals surface area contributed by atoms with E-state index in [1.54, 1.807) is 0 Å². The first kappa shape index (κ1) is 12.8. The molecule has 1 N–H and O–H groups in total. The van der Waals surface area contributed by atoms with Crippen LogP contribution in [0, 0.1) is 6.92 Å². The Hall–Kier alpha value is -1.63. The molecule has 0 unspecified atom stereocenters. The Morgan fingerprint density at radius 3 is 2.61 bits per heavy atom. The molecule has 0 saturated carbocycles. The standard InChI is InChI=1S/C11H10F3N3S/c1-7-4-2-3-5-8(7)6-15-10-16-9(17-18-10)11(12,13)14/h2-5H,6H2,1H3,(H,15,16,17). The first-order valence-corrected chi connectivity index (χ1v) is 5.93. The van der Waals surface area contributed by atoms with Crippen LogP contribution in [0.15, 0.2) is 24.3 Å². The number of aromatic nitrogens is 2. The van der Waals surface area contributed by atoms with Gasteiger partial charge in [-0.3, -0.25) is 0 Å². The predicted molar refractivity (Wildman–Crippen MR) is 63.4 cm³/mol. The van der Waals surface area contributed by atoms with Crippen LogP contribution < -0.4 is 5.32 Å². The van der Waals surface area contributed by atoms with Gasteiger partial charge in [-0.05, 0) is 18.1 Å². The van der Waals surface area contributed by atoms with Crippen molar-refractivity contribution in [1.82, 2.24) is 9.36 Å². The van der Waals surface area contributed by atoms with Crippen LogP contribution in [0.25, 0.3) is 0 Å². The average Bonchev–Trinajstić information content (AvgIpc) is 2.76. The lowest BCUT2D eigenvalue weighted by Gasteiger charge is -2.05. The van der Waals surface area contributed by atoms with Crippen LogP contribution in [0.3, 0.4) is 0 Å². The number of hydrogen-bond donors (Lipinski definition) is 1. The summed E-state index contributed by atoms with van der Waals surface area (Å²) in [6.07, 6.45) is -4.49. The quantitative estimate of drug-likeness (QED) is 0.930. The molecule has 0 aliphatic rings. The normalized spacial score (nSPS) is 11.6. The maximum absolute atomic E-state index is 12.3. The van der Waals surface area contributed by atoms with Crippen LogP contribution >= 0.6 is 11.5 Å². The third-order valence-corrected chi connectivity index (χ3v) is 3.04. The number of benzene rings is 1. The fraction of sp³-hybridized carbons (Fsp3) is 0.273. The van der Waals surface area contributed by atoms with E-state index in [1.807, 2.05) is 31.2 Å². The van der Waals surface area contributed by atoms with Gasteiger partial charge in [-0.15, -0.1) is 0 Å². The van der Waals surface area contributed by atoms with Gasteiger partial charge in [0.2, 0.25) is 11.0 Å². The highest BCUT2D eigenvalue weighted by atomic mass is 32.1. The van der Waals surface area contributed by atoms with Crippen molar-refractivity contribution in [2.24, 2.45) is 0 Å². The first-order valence-electron chi connectivity index (χ1n) is 5.16. The lowest BCUT2D eigenvalue weighted by Crippen LogP contribution is -2.08. The van der Waals surface area contributed by atoms with E-state index in [4.69, 9.17) is 0 Å². The zero-order chi connectivity index (χ0) is 13.2. The van der Waals surface area contributed by atoms with Crippen molar-refractivity contribution < 1.29 is 13.2 Å². The minimum Gasteiger partial charge on any atom is -0.356 e. The van der Waals surface area contributed by atoms with E-state index in [0.29, 0.717) is 18.1 Å². The Labute approximate surface area is 106 Å². The Bertz CT molecular complexity index is 536. The molecule has 0 atom stereocenters. The monoisotopic (exact) mass is 273 g/mol. The van der Waals surface area contributed by atoms with Crippen molar-refractivity contribution >= 4 is 16.7 Å². The van der Waals surface area contributed by atoms with Gasteiger partial charge < -0.3 is 5.32 Å². The summed E-state index contributed by atoms with van der Waals surface area (Å²) in [6, 6.07) is 7.64. The fourth-order valence-electron chi connectivity index (χ4n) is 1.39. The van der Waals surface area contributed by atoms with Crippen LogP contribution in [0.1, 0.15) is 17.0 Å². The second-order valence-electron chi connectivity index (χ2n) is 3.70. The number of alkyl halides is 3. The van der Waals surface area contributed by atoms with Gasteiger partial charge in [0.1, 0.15) is 0 Å². The molecule has 0 saturated heterocycles. The predicted octanol–water partition coefficient (Wildman–Crippen LogP) is 3.48. The molecule has 7 heteroatoms. The highest BCUT2D eigenvalue weighted by Gasteiger charge is 2.36. The van der Waals surface area contributed by atoms with Crippen LogP contribution in [0.2, 0.25) is 0 Å². The molecule has 0 spiro atoms. The van der Waals surface area contributed by atoms with E-state index in [2.05, 4.69) is 14.7 Å². The average molecular weight is 273 g/mol. The number of nitrogens with one attached hydrogen (secondary N) is 1. The number of anilines is 1. The second kappa shape index (κ2) is 4.93. The minimum atomic E-state index is -4.49. The van der Waals surface area contributed by atoms with Gasteiger partial charge in [-0.1, -0.05) is 24.3 Å². The van der Waals surface area contributed by atoms with Crippen molar-refractivity contribution in [3.63, 3.8) is 0 Å². The number of nitrogens with zero attached hydrogens (tertiary/aromatic N) is 2. The summed E-state index contributed by atoms with van der Waals surface area (Å²) in [5.74, 6) is -1.10. The van der Waals surface area contributed by atoms with Gasteiger partial charge in [0, 0.05) is 18.1 Å². The lowest BCUT2D eigenvalue weighted by atomic mass is 10.1. The third kappa shape index (κ3) is 2.98. The number of aryl methyl sites for hydroxylation is 1. The van der Waals surface area contributed by atoms with E-state index in [9.17, 15) is 13.2 Å². The second-order valence-corrected chi connectivity index (χ2v) is 4.45. The summed E-state index contributed by atoms with van der Waals surface area (Å²) in [4.78, 5) is 3.40. The van der Waals surface area contributed by atoms with Crippen molar-refractivity contribution in [2.45, 2.75) is 19.6 Å². The lowest BCUT2D eigenvalue weighted by molar-refractivity contribution is -0.144. The summed E-state index contributed by atoms with van der Waals surface area (Å²) in [7, 11) is 0. The zero-order valence-corrected chi connectivity index (χ0v) is 10.3. The van der Waals surface area contributed by atoms with Crippen molar-refractivity contribution in [1.29, 1.82) is 0 Å². The zero-order valence-electron chi connectivity index (χ0n) is 9.45. The molecule has 96 valence electrons. The molecular formula is C11H10F3N3S. The van der Waals surface area contributed by atoms with E-state index in [1.165, 1.54) is 0 Å². The molecule has 18 heavy (non-hydrogen) atoms. The van der Waals surface area contributed by atoms with E-state index >= 15 is 0 Å². The van der Waals surface area contributed by atoms with Crippen LogP contribution in [0.4, 0.5) is 18.3 Å². The molecular weight excluding hydrogens is 263 g/mol. The molecule has 0 radical (unpaired) electrons. The number of hydrogen-bond acceptors (Lipinski definition) is 4. The molecule has 1 heterocycles. The molecule has 1 aromatic heterocycles. The SMILES string of the molecule is Cc1ccccc1CNc1nc(C(F)(F)F)ns1. The maximum atomic E-state index is 12.3. The number of rotatable bonds is 3. The fourth-order valence-corrected chi connectivity index (χ4v) is 1.97. The molecule has 0 aliphatic heterocycles. The topological polar surface area (TPSA) is 37.8 Å². The van der Waals surface area contributed by atoms with E-state index in [0.717, 1.165) is 11.1 Å². The van der Waals surface area contributed by atoms with Crippen molar-refractivity contribution in [3.8, 4) is 0 Å². The Balaban J connectivity index is 2.03. The van der Waals surface area contributed by atoms with Crippen LogP contribution in [-0.2, 0) is 12.7 Å². The van der Waals surface area contributed by atoms with Gasteiger partial charge in [0.05, 0.1) is 0 Å².